The maximum Gasteiger partial charge on any atom is 0.240 e. The van der Waals surface area contributed by atoms with Crippen molar-refractivity contribution in [2.24, 2.45) is 11.7 Å². The Labute approximate surface area is 99.8 Å². The Hall–Kier alpha value is -0.420. The van der Waals surface area contributed by atoms with Crippen LogP contribution in [0.4, 0.5) is 0 Å². The van der Waals surface area contributed by atoms with Gasteiger partial charge in [0.15, 0.2) is 0 Å². The Kier molecular flexibility index (Phi) is 4.50. The van der Waals surface area contributed by atoms with Crippen LogP contribution in [0.1, 0.15) is 33.1 Å². The van der Waals surface area contributed by atoms with Gasteiger partial charge in [0.25, 0.3) is 0 Å². The molecule has 0 aromatic carbocycles. The number of amides is 1. The highest BCUT2D eigenvalue weighted by Crippen LogP contribution is 2.38. The molecule has 16 heavy (non-hydrogen) atoms. The van der Waals surface area contributed by atoms with Crippen LogP contribution in [-0.2, 0) is 15.6 Å². The third kappa shape index (κ3) is 3.56. The highest BCUT2D eigenvalue weighted by Gasteiger charge is 2.43. The van der Waals surface area contributed by atoms with E-state index in [9.17, 15) is 9.00 Å². The first-order valence-corrected chi connectivity index (χ1v) is 7.37. The van der Waals surface area contributed by atoms with E-state index in [1.807, 2.05) is 6.92 Å². The average molecular weight is 246 g/mol. The van der Waals surface area contributed by atoms with Gasteiger partial charge in [-0.15, -0.1) is 0 Å². The van der Waals surface area contributed by atoms with Crippen LogP contribution in [0.25, 0.3) is 0 Å². The molecule has 3 N–H and O–H groups in total. The molecule has 0 aliphatic heterocycles. The van der Waals surface area contributed by atoms with E-state index in [0.717, 1.165) is 19.3 Å². The van der Waals surface area contributed by atoms with Crippen LogP contribution < -0.4 is 11.1 Å². The molecule has 0 saturated heterocycles. The summed E-state index contributed by atoms with van der Waals surface area (Å²) in [4.78, 5) is 11.8. The largest absolute Gasteiger partial charge is 0.354 e. The van der Waals surface area contributed by atoms with Crippen LogP contribution in [-0.4, -0.2) is 33.7 Å². The molecule has 4 nitrogen and oxygen atoms in total. The van der Waals surface area contributed by atoms with Crippen molar-refractivity contribution in [1.82, 2.24) is 5.32 Å². The molecule has 0 aromatic heterocycles. The first-order chi connectivity index (χ1) is 7.35. The first kappa shape index (κ1) is 13.6. The topological polar surface area (TPSA) is 72.2 Å². The van der Waals surface area contributed by atoms with Crippen LogP contribution in [0.2, 0.25) is 0 Å². The lowest BCUT2D eigenvalue weighted by atomic mass is 9.96. The van der Waals surface area contributed by atoms with Crippen molar-refractivity contribution in [2.75, 3.05) is 12.8 Å². The summed E-state index contributed by atoms with van der Waals surface area (Å²) in [5, 5.41) is 2.95. The molecule has 5 heteroatoms. The van der Waals surface area contributed by atoms with Crippen LogP contribution in [0, 0.1) is 5.92 Å². The Bertz CT molecular complexity index is 288. The van der Waals surface area contributed by atoms with Gasteiger partial charge < -0.3 is 11.1 Å². The minimum absolute atomic E-state index is 0.0796. The fourth-order valence-corrected chi connectivity index (χ4v) is 2.06. The smallest absolute Gasteiger partial charge is 0.240 e. The van der Waals surface area contributed by atoms with Crippen LogP contribution in [0.3, 0.4) is 0 Å². The molecule has 0 radical (unpaired) electrons. The third-order valence-electron chi connectivity index (χ3n) is 3.32. The second kappa shape index (κ2) is 5.27. The molecule has 3 atom stereocenters. The Balaban J connectivity index is 2.27. The molecule has 1 aliphatic rings. The minimum Gasteiger partial charge on any atom is -0.354 e. The molecule has 0 heterocycles. The highest BCUT2D eigenvalue weighted by molar-refractivity contribution is 7.84. The summed E-state index contributed by atoms with van der Waals surface area (Å²) in [6.07, 6.45) is 4.52. The van der Waals surface area contributed by atoms with Gasteiger partial charge in [-0.05, 0) is 32.1 Å². The molecule has 1 amide bonds. The number of nitrogens with two attached hydrogens (primary N) is 1. The van der Waals surface area contributed by atoms with E-state index in [1.54, 1.807) is 13.2 Å². The summed E-state index contributed by atoms with van der Waals surface area (Å²) >= 11 is 0. The van der Waals surface area contributed by atoms with Gasteiger partial charge in [0.1, 0.15) is 0 Å². The summed E-state index contributed by atoms with van der Waals surface area (Å²) in [5.41, 5.74) is 5.24. The van der Waals surface area contributed by atoms with Crippen molar-refractivity contribution >= 4 is 16.7 Å². The number of nitrogens with one attached hydrogen (secondary N) is 1. The Morgan fingerprint density at radius 1 is 1.62 bits per heavy atom. The molecule has 0 spiro atoms. The van der Waals surface area contributed by atoms with Gasteiger partial charge in [-0.3, -0.25) is 9.00 Å². The maximum atomic E-state index is 11.8. The van der Waals surface area contributed by atoms with E-state index in [4.69, 9.17) is 5.73 Å². The molecular formula is C11H22N2O2S. The summed E-state index contributed by atoms with van der Waals surface area (Å²) in [6, 6.07) is 0. The number of rotatable bonds is 6. The van der Waals surface area contributed by atoms with Gasteiger partial charge in [0.2, 0.25) is 5.91 Å². The highest BCUT2D eigenvalue weighted by atomic mass is 32.2. The van der Waals surface area contributed by atoms with E-state index in [2.05, 4.69) is 5.32 Å². The zero-order chi connectivity index (χ0) is 12.3. The lowest BCUT2D eigenvalue weighted by Crippen LogP contribution is -2.53. The molecule has 3 unspecified atom stereocenters. The van der Waals surface area contributed by atoms with Crippen molar-refractivity contribution < 1.29 is 9.00 Å². The molecule has 1 aliphatic carbocycles. The fraction of sp³-hybridized carbons (Fsp3) is 0.909. The molecule has 0 aromatic rings. The summed E-state index contributed by atoms with van der Waals surface area (Å²) in [5.74, 6) is 0.259. The Morgan fingerprint density at radius 2 is 2.19 bits per heavy atom. The van der Waals surface area contributed by atoms with Gasteiger partial charge in [-0.25, -0.2) is 0 Å². The van der Waals surface area contributed by atoms with Crippen molar-refractivity contribution in [3.8, 4) is 0 Å². The minimum atomic E-state index is -0.825. The molecule has 0 bridgehead atoms. The monoisotopic (exact) mass is 246 g/mol. The van der Waals surface area contributed by atoms with Crippen molar-refractivity contribution in [3.05, 3.63) is 0 Å². The predicted octanol–water partition coefficient (Wildman–Crippen LogP) is 0.387. The molecule has 1 rings (SSSR count). The van der Waals surface area contributed by atoms with Gasteiger partial charge in [-0.1, -0.05) is 6.92 Å². The second-order valence-corrected chi connectivity index (χ2v) is 6.71. The normalized spacial score (nSPS) is 23.2. The quantitative estimate of drug-likeness (QED) is 0.712. The molecule has 1 fully saturated rings. The number of carbonyl (C=O) groups excluding carboxylic acids is 1. The van der Waals surface area contributed by atoms with Gasteiger partial charge >= 0.3 is 0 Å². The fourth-order valence-electron chi connectivity index (χ4n) is 1.61. The first-order valence-electron chi connectivity index (χ1n) is 5.75. The van der Waals surface area contributed by atoms with Gasteiger partial charge in [0.05, 0.1) is 5.54 Å². The van der Waals surface area contributed by atoms with Gasteiger partial charge in [-0.2, -0.15) is 0 Å². The zero-order valence-corrected chi connectivity index (χ0v) is 11.1. The molecule has 94 valence electrons. The summed E-state index contributed by atoms with van der Waals surface area (Å²) in [7, 11) is -0.825. The predicted molar refractivity (Wildman–Crippen MR) is 66.5 cm³/mol. The van der Waals surface area contributed by atoms with E-state index < -0.39 is 16.3 Å². The standard InChI is InChI=1S/C11H22N2O2S/c1-8(16(3)15)6-7-13-10(14)11(2,12)9-4-5-9/h8-9H,4-7,12H2,1-3H3,(H,13,14). The summed E-state index contributed by atoms with van der Waals surface area (Å²) < 4.78 is 11.1. The van der Waals surface area contributed by atoms with Crippen LogP contribution >= 0.6 is 0 Å². The molecule has 1 saturated carbocycles. The third-order valence-corrected chi connectivity index (χ3v) is 4.69. The summed E-state index contributed by atoms with van der Waals surface area (Å²) in [6.45, 7) is 4.27. The number of carbonyl (C=O) groups is 1. The SMILES string of the molecule is CC(CCNC(=O)C(C)(N)C1CC1)S(C)=O. The van der Waals surface area contributed by atoms with E-state index >= 15 is 0 Å². The maximum absolute atomic E-state index is 11.8. The number of hydrogen-bond acceptors (Lipinski definition) is 3. The van der Waals surface area contributed by atoms with E-state index in [1.165, 1.54) is 0 Å². The van der Waals surface area contributed by atoms with Crippen molar-refractivity contribution in [1.29, 1.82) is 0 Å². The van der Waals surface area contributed by atoms with Crippen molar-refractivity contribution in [2.45, 2.75) is 43.9 Å². The Morgan fingerprint density at radius 3 is 2.62 bits per heavy atom. The average Bonchev–Trinajstić information content (AvgIpc) is 3.00. The second-order valence-electron chi connectivity index (χ2n) is 4.91. The van der Waals surface area contributed by atoms with Crippen LogP contribution in [0.5, 0.6) is 0 Å². The van der Waals surface area contributed by atoms with E-state index in [-0.39, 0.29) is 11.2 Å². The van der Waals surface area contributed by atoms with Crippen LogP contribution in [0.15, 0.2) is 0 Å². The number of hydrogen-bond donors (Lipinski definition) is 2. The lowest BCUT2D eigenvalue weighted by Gasteiger charge is -2.23. The lowest BCUT2D eigenvalue weighted by molar-refractivity contribution is -0.126. The molecular weight excluding hydrogens is 224 g/mol. The van der Waals surface area contributed by atoms with Crippen molar-refractivity contribution in [3.63, 3.8) is 0 Å². The zero-order valence-electron chi connectivity index (χ0n) is 10.3. The van der Waals surface area contributed by atoms with E-state index in [0.29, 0.717) is 12.5 Å². The van der Waals surface area contributed by atoms with Gasteiger partial charge in [0, 0.05) is 28.9 Å².